The molecule has 3 unspecified atom stereocenters. The SMILES string of the molecule is CC1CCCCC1CNC(=O)NC(CO)C(=O)O. The molecule has 1 aliphatic rings. The van der Waals surface area contributed by atoms with Gasteiger partial charge in [-0.25, -0.2) is 9.59 Å². The Labute approximate surface area is 107 Å². The first-order valence-electron chi connectivity index (χ1n) is 6.42. The predicted molar refractivity (Wildman–Crippen MR) is 66.2 cm³/mol. The summed E-state index contributed by atoms with van der Waals surface area (Å²) in [7, 11) is 0. The highest BCUT2D eigenvalue weighted by Gasteiger charge is 2.23. The fraction of sp³-hybridized carbons (Fsp3) is 0.833. The van der Waals surface area contributed by atoms with Gasteiger partial charge in [0.25, 0.3) is 0 Å². The number of rotatable bonds is 5. The first-order valence-corrected chi connectivity index (χ1v) is 6.42. The molecule has 1 saturated carbocycles. The number of aliphatic hydroxyl groups excluding tert-OH is 1. The van der Waals surface area contributed by atoms with Gasteiger partial charge in [-0.3, -0.25) is 0 Å². The summed E-state index contributed by atoms with van der Waals surface area (Å²) >= 11 is 0. The van der Waals surface area contributed by atoms with Crippen molar-refractivity contribution in [1.82, 2.24) is 10.6 Å². The molecule has 0 aromatic rings. The Kier molecular flexibility index (Phi) is 5.91. The van der Waals surface area contributed by atoms with Crippen LogP contribution >= 0.6 is 0 Å². The number of hydrogen-bond donors (Lipinski definition) is 4. The molecule has 2 amide bonds. The molecule has 6 nitrogen and oxygen atoms in total. The normalized spacial score (nSPS) is 25.2. The van der Waals surface area contributed by atoms with Gasteiger partial charge in [0.15, 0.2) is 6.04 Å². The lowest BCUT2D eigenvalue weighted by atomic mass is 9.80. The summed E-state index contributed by atoms with van der Waals surface area (Å²) in [5.41, 5.74) is 0. The maximum atomic E-state index is 11.5. The van der Waals surface area contributed by atoms with Crippen molar-refractivity contribution in [3.63, 3.8) is 0 Å². The number of carboxylic acids is 1. The molecular formula is C12H22N2O4. The second-order valence-electron chi connectivity index (χ2n) is 4.95. The summed E-state index contributed by atoms with van der Waals surface area (Å²) in [6, 6.07) is -1.77. The van der Waals surface area contributed by atoms with Crippen LogP contribution in [-0.2, 0) is 4.79 Å². The van der Waals surface area contributed by atoms with Gasteiger partial charge >= 0.3 is 12.0 Å². The summed E-state index contributed by atoms with van der Waals surface area (Å²) < 4.78 is 0. The van der Waals surface area contributed by atoms with E-state index in [1.165, 1.54) is 19.3 Å². The van der Waals surface area contributed by atoms with Gasteiger partial charge in [-0.15, -0.1) is 0 Å². The van der Waals surface area contributed by atoms with Crippen molar-refractivity contribution < 1.29 is 19.8 Å². The van der Waals surface area contributed by atoms with Crippen LogP contribution in [-0.4, -0.2) is 41.4 Å². The van der Waals surface area contributed by atoms with Crippen LogP contribution in [0.2, 0.25) is 0 Å². The molecule has 3 atom stereocenters. The Hall–Kier alpha value is -1.30. The minimum Gasteiger partial charge on any atom is -0.480 e. The monoisotopic (exact) mass is 258 g/mol. The molecule has 1 rings (SSSR count). The summed E-state index contributed by atoms with van der Waals surface area (Å²) in [6.07, 6.45) is 4.72. The molecule has 0 heterocycles. The number of carbonyl (C=O) groups is 2. The molecule has 104 valence electrons. The topological polar surface area (TPSA) is 98.7 Å². The van der Waals surface area contributed by atoms with Gasteiger partial charge in [-0.2, -0.15) is 0 Å². The van der Waals surface area contributed by atoms with Crippen molar-refractivity contribution in [3.8, 4) is 0 Å². The molecule has 0 aromatic carbocycles. The van der Waals surface area contributed by atoms with Gasteiger partial charge in [0.2, 0.25) is 0 Å². The second kappa shape index (κ2) is 7.20. The van der Waals surface area contributed by atoms with E-state index in [0.29, 0.717) is 18.4 Å². The maximum Gasteiger partial charge on any atom is 0.328 e. The largest absolute Gasteiger partial charge is 0.480 e. The van der Waals surface area contributed by atoms with E-state index in [2.05, 4.69) is 17.6 Å². The molecular weight excluding hydrogens is 236 g/mol. The van der Waals surface area contributed by atoms with E-state index >= 15 is 0 Å². The van der Waals surface area contributed by atoms with E-state index in [0.717, 1.165) is 6.42 Å². The van der Waals surface area contributed by atoms with E-state index in [1.54, 1.807) is 0 Å². The Morgan fingerprint density at radius 1 is 1.33 bits per heavy atom. The average molecular weight is 258 g/mol. The van der Waals surface area contributed by atoms with E-state index in [4.69, 9.17) is 10.2 Å². The van der Waals surface area contributed by atoms with Crippen LogP contribution in [0.4, 0.5) is 4.79 Å². The van der Waals surface area contributed by atoms with Gasteiger partial charge in [-0.05, 0) is 18.3 Å². The summed E-state index contributed by atoms with van der Waals surface area (Å²) in [6.45, 7) is 2.13. The predicted octanol–water partition coefficient (Wildman–Crippen LogP) is 0.557. The zero-order chi connectivity index (χ0) is 13.5. The summed E-state index contributed by atoms with van der Waals surface area (Å²) in [5.74, 6) is -0.187. The van der Waals surface area contributed by atoms with Crippen LogP contribution in [0.3, 0.4) is 0 Å². The van der Waals surface area contributed by atoms with Crippen molar-refractivity contribution in [2.45, 2.75) is 38.6 Å². The number of amides is 2. The number of carboxylic acid groups (broad SMARTS) is 1. The molecule has 0 spiro atoms. The maximum absolute atomic E-state index is 11.5. The zero-order valence-corrected chi connectivity index (χ0v) is 10.7. The lowest BCUT2D eigenvalue weighted by Gasteiger charge is -2.28. The Bertz CT molecular complexity index is 296. The Morgan fingerprint density at radius 2 is 2.00 bits per heavy atom. The van der Waals surface area contributed by atoms with Crippen LogP contribution in [0.25, 0.3) is 0 Å². The van der Waals surface area contributed by atoms with E-state index in [-0.39, 0.29) is 0 Å². The molecule has 0 bridgehead atoms. The van der Waals surface area contributed by atoms with Crippen molar-refractivity contribution in [3.05, 3.63) is 0 Å². The molecule has 0 radical (unpaired) electrons. The molecule has 6 heteroatoms. The van der Waals surface area contributed by atoms with E-state index in [1.807, 2.05) is 0 Å². The first kappa shape index (κ1) is 14.8. The second-order valence-corrected chi connectivity index (χ2v) is 4.95. The van der Waals surface area contributed by atoms with Crippen molar-refractivity contribution in [1.29, 1.82) is 0 Å². The number of carbonyl (C=O) groups excluding carboxylic acids is 1. The van der Waals surface area contributed by atoms with Crippen molar-refractivity contribution >= 4 is 12.0 Å². The number of aliphatic carboxylic acids is 1. The quantitative estimate of drug-likeness (QED) is 0.579. The van der Waals surface area contributed by atoms with Crippen molar-refractivity contribution in [2.24, 2.45) is 11.8 Å². The highest BCUT2D eigenvalue weighted by molar-refractivity contribution is 5.82. The molecule has 0 saturated heterocycles. The lowest BCUT2D eigenvalue weighted by molar-refractivity contribution is -0.140. The van der Waals surface area contributed by atoms with Gasteiger partial charge in [-0.1, -0.05) is 26.2 Å². The van der Waals surface area contributed by atoms with Crippen LogP contribution in [0, 0.1) is 11.8 Å². The van der Waals surface area contributed by atoms with Crippen LogP contribution in [0.1, 0.15) is 32.6 Å². The third kappa shape index (κ3) is 4.52. The number of aliphatic hydroxyl groups is 1. The van der Waals surface area contributed by atoms with E-state index in [9.17, 15) is 9.59 Å². The highest BCUT2D eigenvalue weighted by Crippen LogP contribution is 2.28. The smallest absolute Gasteiger partial charge is 0.328 e. The zero-order valence-electron chi connectivity index (χ0n) is 10.7. The van der Waals surface area contributed by atoms with Gasteiger partial charge in [0.1, 0.15) is 0 Å². The third-order valence-corrected chi connectivity index (χ3v) is 3.60. The van der Waals surface area contributed by atoms with Gasteiger partial charge in [0, 0.05) is 6.54 Å². The first-order chi connectivity index (χ1) is 8.54. The number of hydrogen-bond acceptors (Lipinski definition) is 3. The minimum absolute atomic E-state index is 0.460. The highest BCUT2D eigenvalue weighted by atomic mass is 16.4. The molecule has 0 aliphatic heterocycles. The van der Waals surface area contributed by atoms with Crippen LogP contribution in [0.15, 0.2) is 0 Å². The van der Waals surface area contributed by atoms with Gasteiger partial charge in [0.05, 0.1) is 6.61 Å². The molecule has 4 N–H and O–H groups in total. The lowest BCUT2D eigenvalue weighted by Crippen LogP contribution is -2.49. The molecule has 0 aromatic heterocycles. The molecule has 1 fully saturated rings. The summed E-state index contributed by atoms with van der Waals surface area (Å²) in [5, 5.41) is 22.4. The number of urea groups is 1. The van der Waals surface area contributed by atoms with Crippen LogP contribution < -0.4 is 10.6 Å². The Balaban J connectivity index is 2.29. The number of nitrogens with one attached hydrogen (secondary N) is 2. The Morgan fingerprint density at radius 3 is 2.56 bits per heavy atom. The fourth-order valence-corrected chi connectivity index (χ4v) is 2.31. The summed E-state index contributed by atoms with van der Waals surface area (Å²) in [4.78, 5) is 22.1. The molecule has 18 heavy (non-hydrogen) atoms. The minimum atomic E-state index is -1.24. The van der Waals surface area contributed by atoms with Crippen molar-refractivity contribution in [2.75, 3.05) is 13.2 Å². The third-order valence-electron chi connectivity index (χ3n) is 3.60. The molecule has 1 aliphatic carbocycles. The fourth-order valence-electron chi connectivity index (χ4n) is 2.31. The standard InChI is InChI=1S/C12H22N2O4/c1-8-4-2-3-5-9(8)6-13-12(18)14-10(7-15)11(16)17/h8-10,15H,2-7H2,1H3,(H,16,17)(H2,13,14,18). The van der Waals surface area contributed by atoms with E-state index < -0.39 is 24.6 Å². The average Bonchev–Trinajstić information content (AvgIpc) is 2.34. The van der Waals surface area contributed by atoms with Crippen LogP contribution in [0.5, 0.6) is 0 Å². The van der Waals surface area contributed by atoms with Gasteiger partial charge < -0.3 is 20.8 Å².